The standard InChI is InChI=1S/C28H31N5O3/c1-21(2)14-15-30-32(19-24-8-5-7-23-6-3-4-9-27(23)24)28(34)16-26-17-29-20-31(26)18-22-10-12-25(13-11-22)33(35)36/h3-13,17,20-21,30H,14-16,18-19H2,1-2H3. The molecular formula is C28H31N5O3. The smallest absolute Gasteiger partial charge is 0.269 e. The Morgan fingerprint density at radius 1 is 1.08 bits per heavy atom. The van der Waals surface area contributed by atoms with E-state index in [1.165, 1.54) is 12.1 Å². The number of hydrogen-bond acceptors (Lipinski definition) is 5. The molecule has 1 aromatic heterocycles. The summed E-state index contributed by atoms with van der Waals surface area (Å²) >= 11 is 0. The Labute approximate surface area is 210 Å². The van der Waals surface area contributed by atoms with E-state index >= 15 is 0 Å². The van der Waals surface area contributed by atoms with E-state index in [1.807, 2.05) is 22.8 Å². The molecule has 0 saturated heterocycles. The van der Waals surface area contributed by atoms with E-state index < -0.39 is 4.92 Å². The second kappa shape index (κ2) is 11.6. The first-order valence-corrected chi connectivity index (χ1v) is 12.1. The Morgan fingerprint density at radius 2 is 1.83 bits per heavy atom. The van der Waals surface area contributed by atoms with Crippen LogP contribution in [0.3, 0.4) is 0 Å². The summed E-state index contributed by atoms with van der Waals surface area (Å²) in [5.74, 6) is 0.479. The summed E-state index contributed by atoms with van der Waals surface area (Å²) in [5.41, 5.74) is 6.17. The number of rotatable bonds is 11. The third-order valence-electron chi connectivity index (χ3n) is 6.16. The second-order valence-corrected chi connectivity index (χ2v) is 9.32. The highest BCUT2D eigenvalue weighted by Crippen LogP contribution is 2.20. The molecule has 4 aromatic rings. The summed E-state index contributed by atoms with van der Waals surface area (Å²) in [5, 5.41) is 14.9. The van der Waals surface area contributed by atoms with Gasteiger partial charge in [-0.3, -0.25) is 19.9 Å². The molecule has 3 aromatic carbocycles. The molecule has 0 aliphatic carbocycles. The number of nitrogens with one attached hydrogen (secondary N) is 1. The van der Waals surface area contributed by atoms with Crippen LogP contribution in [0, 0.1) is 16.0 Å². The fraction of sp³-hybridized carbons (Fsp3) is 0.286. The Morgan fingerprint density at radius 3 is 2.58 bits per heavy atom. The number of fused-ring (bicyclic) bond motifs is 1. The first-order valence-electron chi connectivity index (χ1n) is 12.1. The number of non-ortho nitro benzene ring substituents is 1. The van der Waals surface area contributed by atoms with Gasteiger partial charge in [0.05, 0.1) is 24.2 Å². The Hall–Kier alpha value is -4.04. The van der Waals surface area contributed by atoms with E-state index in [-0.39, 0.29) is 18.0 Å². The normalized spacial score (nSPS) is 11.2. The van der Waals surface area contributed by atoms with Gasteiger partial charge in [0, 0.05) is 37.1 Å². The van der Waals surface area contributed by atoms with Gasteiger partial charge in [0.15, 0.2) is 0 Å². The zero-order chi connectivity index (χ0) is 25.5. The molecule has 0 unspecified atom stereocenters. The number of imidazole rings is 1. The van der Waals surface area contributed by atoms with E-state index in [0.29, 0.717) is 25.6 Å². The minimum atomic E-state index is -0.415. The van der Waals surface area contributed by atoms with Crippen LogP contribution in [0.1, 0.15) is 37.1 Å². The van der Waals surface area contributed by atoms with Crippen LogP contribution < -0.4 is 5.43 Å². The van der Waals surface area contributed by atoms with Gasteiger partial charge < -0.3 is 4.57 Å². The summed E-state index contributed by atoms with van der Waals surface area (Å²) in [6.07, 6.45) is 4.53. The van der Waals surface area contributed by atoms with Crippen molar-refractivity contribution < 1.29 is 9.72 Å². The minimum Gasteiger partial charge on any atom is -0.330 e. The fourth-order valence-electron chi connectivity index (χ4n) is 4.13. The van der Waals surface area contributed by atoms with Gasteiger partial charge in [-0.05, 0) is 34.2 Å². The van der Waals surface area contributed by atoms with Crippen molar-refractivity contribution in [1.29, 1.82) is 0 Å². The summed E-state index contributed by atoms with van der Waals surface area (Å²) in [7, 11) is 0. The van der Waals surface area contributed by atoms with Crippen LogP contribution >= 0.6 is 0 Å². The summed E-state index contributed by atoms with van der Waals surface area (Å²) in [4.78, 5) is 28.3. The third-order valence-corrected chi connectivity index (χ3v) is 6.16. The van der Waals surface area contributed by atoms with Gasteiger partial charge in [-0.2, -0.15) is 0 Å². The molecule has 36 heavy (non-hydrogen) atoms. The number of benzene rings is 3. The van der Waals surface area contributed by atoms with Crippen molar-refractivity contribution in [3.05, 3.63) is 106 Å². The monoisotopic (exact) mass is 485 g/mol. The molecule has 0 radical (unpaired) electrons. The molecule has 0 aliphatic heterocycles. The van der Waals surface area contributed by atoms with E-state index in [9.17, 15) is 14.9 Å². The third kappa shape index (κ3) is 6.34. The predicted molar refractivity (Wildman–Crippen MR) is 140 cm³/mol. The molecule has 0 aliphatic rings. The molecule has 4 rings (SSSR count). The molecule has 8 nitrogen and oxygen atoms in total. The van der Waals surface area contributed by atoms with Gasteiger partial charge in [-0.15, -0.1) is 0 Å². The maximum atomic E-state index is 13.5. The number of hydrogen-bond donors (Lipinski definition) is 1. The second-order valence-electron chi connectivity index (χ2n) is 9.32. The molecule has 8 heteroatoms. The van der Waals surface area contributed by atoms with Crippen molar-refractivity contribution >= 4 is 22.4 Å². The maximum absolute atomic E-state index is 13.5. The molecule has 1 amide bonds. The van der Waals surface area contributed by atoms with Crippen LogP contribution in [-0.2, 0) is 24.3 Å². The first-order chi connectivity index (χ1) is 17.4. The lowest BCUT2D eigenvalue weighted by Crippen LogP contribution is -2.44. The molecule has 1 heterocycles. The molecule has 186 valence electrons. The van der Waals surface area contributed by atoms with Gasteiger partial charge in [-0.25, -0.2) is 10.4 Å². The van der Waals surface area contributed by atoms with E-state index in [4.69, 9.17) is 0 Å². The Balaban J connectivity index is 1.51. The number of carbonyl (C=O) groups is 1. The minimum absolute atomic E-state index is 0.0443. The molecule has 1 N–H and O–H groups in total. The van der Waals surface area contributed by atoms with Gasteiger partial charge in [0.2, 0.25) is 5.91 Å². The predicted octanol–water partition coefficient (Wildman–Crippen LogP) is 5.11. The summed E-state index contributed by atoms with van der Waals surface area (Å²) in [6.45, 7) is 5.96. The van der Waals surface area contributed by atoms with Gasteiger partial charge >= 0.3 is 0 Å². The highest BCUT2D eigenvalue weighted by atomic mass is 16.6. The number of carbonyl (C=O) groups excluding carboxylic acids is 1. The SMILES string of the molecule is CC(C)CCNN(Cc1cccc2ccccc12)C(=O)Cc1cncn1Cc1ccc([N+](=O)[O-])cc1. The lowest BCUT2D eigenvalue weighted by molar-refractivity contribution is -0.384. The topological polar surface area (TPSA) is 93.3 Å². The van der Waals surface area contributed by atoms with Gasteiger partial charge in [0.25, 0.3) is 5.69 Å². The van der Waals surface area contributed by atoms with E-state index in [0.717, 1.165) is 34.0 Å². The van der Waals surface area contributed by atoms with Crippen LogP contribution in [0.4, 0.5) is 5.69 Å². The molecule has 0 atom stereocenters. The van der Waals surface area contributed by atoms with Crippen LogP contribution in [-0.4, -0.2) is 31.9 Å². The van der Waals surface area contributed by atoms with Crippen molar-refractivity contribution in [2.45, 2.75) is 39.8 Å². The van der Waals surface area contributed by atoms with Gasteiger partial charge in [-0.1, -0.05) is 68.4 Å². The van der Waals surface area contributed by atoms with Crippen molar-refractivity contribution in [2.75, 3.05) is 6.54 Å². The first kappa shape index (κ1) is 25.1. The van der Waals surface area contributed by atoms with Crippen molar-refractivity contribution in [3.8, 4) is 0 Å². The van der Waals surface area contributed by atoms with Crippen LogP contribution in [0.25, 0.3) is 10.8 Å². The largest absolute Gasteiger partial charge is 0.330 e. The van der Waals surface area contributed by atoms with Crippen LogP contribution in [0.5, 0.6) is 0 Å². The maximum Gasteiger partial charge on any atom is 0.269 e. The number of nitro groups is 1. The number of hydrazine groups is 1. The zero-order valence-corrected chi connectivity index (χ0v) is 20.6. The summed E-state index contributed by atoms with van der Waals surface area (Å²) < 4.78 is 1.91. The van der Waals surface area contributed by atoms with Crippen LogP contribution in [0.15, 0.2) is 79.3 Å². The Kier molecular flexibility index (Phi) is 8.07. The summed E-state index contributed by atoms with van der Waals surface area (Å²) in [6, 6.07) is 20.8. The lowest BCUT2D eigenvalue weighted by Gasteiger charge is -2.25. The zero-order valence-electron chi connectivity index (χ0n) is 20.6. The lowest BCUT2D eigenvalue weighted by atomic mass is 10.0. The van der Waals surface area contributed by atoms with Gasteiger partial charge in [0.1, 0.15) is 0 Å². The Bertz CT molecular complexity index is 1330. The molecule has 0 fully saturated rings. The number of nitro benzene ring substituents is 1. The average molecular weight is 486 g/mol. The van der Waals surface area contributed by atoms with Crippen LogP contribution in [0.2, 0.25) is 0 Å². The van der Waals surface area contributed by atoms with Crippen molar-refractivity contribution in [3.63, 3.8) is 0 Å². The number of amides is 1. The molecule has 0 spiro atoms. The number of aromatic nitrogens is 2. The van der Waals surface area contributed by atoms with E-state index in [1.54, 1.807) is 29.7 Å². The highest BCUT2D eigenvalue weighted by molar-refractivity contribution is 5.86. The highest BCUT2D eigenvalue weighted by Gasteiger charge is 2.18. The van der Waals surface area contributed by atoms with E-state index in [2.05, 4.69) is 48.5 Å². The van der Waals surface area contributed by atoms with Crippen molar-refractivity contribution in [1.82, 2.24) is 20.0 Å². The average Bonchev–Trinajstić information content (AvgIpc) is 3.29. The molecule has 0 bridgehead atoms. The fourth-order valence-corrected chi connectivity index (χ4v) is 4.13. The quantitative estimate of drug-likeness (QED) is 0.235. The number of nitrogens with zero attached hydrogens (tertiary/aromatic N) is 4. The molecule has 0 saturated carbocycles. The van der Waals surface area contributed by atoms with Crippen molar-refractivity contribution in [2.24, 2.45) is 5.92 Å². The molecular weight excluding hydrogens is 454 g/mol.